The van der Waals surface area contributed by atoms with Gasteiger partial charge in [0.25, 0.3) is 0 Å². The molecule has 25 heavy (non-hydrogen) atoms. The van der Waals surface area contributed by atoms with Crippen LogP contribution in [-0.4, -0.2) is 57.4 Å². The summed E-state index contributed by atoms with van der Waals surface area (Å²) in [4.78, 5) is 26.2. The van der Waals surface area contributed by atoms with Crippen molar-refractivity contribution < 1.29 is 19.1 Å². The SMILES string of the molecule is CC(C)OCCCNC(=O)C(=O)Nc1ccccc1N1CCOCC1. The quantitative estimate of drug-likeness (QED) is 0.574. The predicted molar refractivity (Wildman–Crippen MR) is 96.8 cm³/mol. The van der Waals surface area contributed by atoms with Gasteiger partial charge in [-0.25, -0.2) is 0 Å². The maximum absolute atomic E-state index is 12.1. The standard InChI is InChI=1S/C18H27N3O4/c1-14(2)25-11-5-8-19-17(22)18(23)20-15-6-3-4-7-16(15)21-9-12-24-13-10-21/h3-4,6-7,14H,5,8-13H2,1-2H3,(H,19,22)(H,20,23). The number of rotatable bonds is 7. The first-order valence-corrected chi connectivity index (χ1v) is 8.70. The second-order valence-electron chi connectivity index (χ2n) is 6.10. The van der Waals surface area contributed by atoms with Crippen LogP contribution in [0.25, 0.3) is 0 Å². The third-order valence-electron chi connectivity index (χ3n) is 3.77. The van der Waals surface area contributed by atoms with Crippen molar-refractivity contribution in [3.05, 3.63) is 24.3 Å². The molecule has 7 nitrogen and oxygen atoms in total. The highest BCUT2D eigenvalue weighted by atomic mass is 16.5. The molecule has 2 amide bonds. The van der Waals surface area contributed by atoms with Gasteiger partial charge in [0.15, 0.2) is 0 Å². The van der Waals surface area contributed by atoms with Crippen molar-refractivity contribution in [2.24, 2.45) is 0 Å². The first-order valence-electron chi connectivity index (χ1n) is 8.70. The van der Waals surface area contributed by atoms with Gasteiger partial charge >= 0.3 is 11.8 Å². The number of anilines is 2. The van der Waals surface area contributed by atoms with Gasteiger partial charge in [-0.15, -0.1) is 0 Å². The van der Waals surface area contributed by atoms with Crippen molar-refractivity contribution in [2.45, 2.75) is 26.4 Å². The normalized spacial score (nSPS) is 14.4. The number of para-hydroxylation sites is 2. The number of amides is 2. The zero-order chi connectivity index (χ0) is 18.1. The Morgan fingerprint density at radius 1 is 1.20 bits per heavy atom. The number of hydrogen-bond acceptors (Lipinski definition) is 5. The Hall–Kier alpha value is -2.12. The largest absolute Gasteiger partial charge is 0.379 e. The summed E-state index contributed by atoms with van der Waals surface area (Å²) in [5.74, 6) is -1.30. The number of hydrogen-bond donors (Lipinski definition) is 2. The van der Waals surface area contributed by atoms with E-state index in [1.807, 2.05) is 32.0 Å². The van der Waals surface area contributed by atoms with E-state index in [0.717, 1.165) is 18.8 Å². The molecule has 0 aromatic heterocycles. The van der Waals surface area contributed by atoms with Gasteiger partial charge in [-0.2, -0.15) is 0 Å². The zero-order valence-electron chi connectivity index (χ0n) is 14.9. The first-order chi connectivity index (χ1) is 12.1. The van der Waals surface area contributed by atoms with Crippen molar-refractivity contribution >= 4 is 23.2 Å². The average Bonchev–Trinajstić information content (AvgIpc) is 2.62. The van der Waals surface area contributed by atoms with Crippen molar-refractivity contribution in [3.8, 4) is 0 Å². The lowest BCUT2D eigenvalue weighted by molar-refractivity contribution is -0.136. The molecule has 1 aromatic carbocycles. The zero-order valence-corrected chi connectivity index (χ0v) is 14.9. The molecular formula is C18H27N3O4. The van der Waals surface area contributed by atoms with Crippen LogP contribution in [0.3, 0.4) is 0 Å². The minimum Gasteiger partial charge on any atom is -0.379 e. The summed E-state index contributed by atoms with van der Waals surface area (Å²) in [6, 6.07) is 7.48. The van der Waals surface area contributed by atoms with E-state index in [2.05, 4.69) is 15.5 Å². The minimum absolute atomic E-state index is 0.163. The van der Waals surface area contributed by atoms with Crippen molar-refractivity contribution in [1.82, 2.24) is 5.32 Å². The molecule has 0 spiro atoms. The molecule has 1 fully saturated rings. The molecule has 0 radical (unpaired) electrons. The molecule has 1 heterocycles. The van der Waals surface area contributed by atoms with E-state index >= 15 is 0 Å². The number of nitrogens with one attached hydrogen (secondary N) is 2. The van der Waals surface area contributed by atoms with Crippen LogP contribution in [0.15, 0.2) is 24.3 Å². The Bertz CT molecular complexity index is 571. The monoisotopic (exact) mass is 349 g/mol. The smallest absolute Gasteiger partial charge is 0.313 e. The lowest BCUT2D eigenvalue weighted by Crippen LogP contribution is -2.38. The summed E-state index contributed by atoms with van der Waals surface area (Å²) in [5, 5.41) is 5.31. The van der Waals surface area contributed by atoms with Crippen LogP contribution in [0.5, 0.6) is 0 Å². The van der Waals surface area contributed by atoms with E-state index < -0.39 is 11.8 Å². The van der Waals surface area contributed by atoms with E-state index in [4.69, 9.17) is 9.47 Å². The predicted octanol–water partition coefficient (Wildman–Crippen LogP) is 1.39. The van der Waals surface area contributed by atoms with Crippen LogP contribution in [-0.2, 0) is 19.1 Å². The van der Waals surface area contributed by atoms with Crippen LogP contribution >= 0.6 is 0 Å². The van der Waals surface area contributed by atoms with E-state index in [1.165, 1.54) is 0 Å². The number of nitrogens with zero attached hydrogens (tertiary/aromatic N) is 1. The third-order valence-corrected chi connectivity index (χ3v) is 3.77. The number of ether oxygens (including phenoxy) is 2. The fraction of sp³-hybridized carbons (Fsp3) is 0.556. The Morgan fingerprint density at radius 3 is 2.64 bits per heavy atom. The molecule has 1 saturated heterocycles. The molecule has 0 bridgehead atoms. The van der Waals surface area contributed by atoms with Gasteiger partial charge in [-0.1, -0.05) is 12.1 Å². The molecule has 1 aromatic rings. The Kier molecular flexibility index (Phi) is 7.69. The van der Waals surface area contributed by atoms with Crippen LogP contribution in [0.1, 0.15) is 20.3 Å². The van der Waals surface area contributed by atoms with Gasteiger partial charge in [-0.05, 0) is 32.4 Å². The highest BCUT2D eigenvalue weighted by Gasteiger charge is 2.18. The number of morpholine rings is 1. The van der Waals surface area contributed by atoms with Crippen LogP contribution in [0.2, 0.25) is 0 Å². The summed E-state index contributed by atoms with van der Waals surface area (Å²) < 4.78 is 10.8. The van der Waals surface area contributed by atoms with Crippen molar-refractivity contribution in [3.63, 3.8) is 0 Å². The Balaban J connectivity index is 1.84. The molecule has 2 N–H and O–H groups in total. The van der Waals surface area contributed by atoms with Gasteiger partial charge in [0, 0.05) is 26.2 Å². The van der Waals surface area contributed by atoms with Crippen molar-refractivity contribution in [2.75, 3.05) is 49.7 Å². The molecule has 1 aliphatic heterocycles. The second kappa shape index (κ2) is 10.0. The number of benzene rings is 1. The fourth-order valence-electron chi connectivity index (χ4n) is 2.51. The van der Waals surface area contributed by atoms with Gasteiger partial charge in [-0.3, -0.25) is 9.59 Å². The second-order valence-corrected chi connectivity index (χ2v) is 6.10. The number of carbonyl (C=O) groups excluding carboxylic acids is 2. The van der Waals surface area contributed by atoms with E-state index in [-0.39, 0.29) is 6.10 Å². The molecule has 1 aliphatic rings. The van der Waals surface area contributed by atoms with Gasteiger partial charge < -0.3 is 25.0 Å². The van der Waals surface area contributed by atoms with Gasteiger partial charge in [0.2, 0.25) is 0 Å². The third kappa shape index (κ3) is 6.36. The Labute approximate surface area is 148 Å². The highest BCUT2D eigenvalue weighted by molar-refractivity contribution is 6.39. The van der Waals surface area contributed by atoms with Crippen LogP contribution in [0, 0.1) is 0 Å². The molecule has 2 rings (SSSR count). The molecule has 138 valence electrons. The summed E-state index contributed by atoms with van der Waals surface area (Å²) >= 11 is 0. The lowest BCUT2D eigenvalue weighted by atomic mass is 10.2. The summed E-state index contributed by atoms with van der Waals surface area (Å²) in [5.41, 5.74) is 1.53. The maximum Gasteiger partial charge on any atom is 0.313 e. The molecule has 7 heteroatoms. The minimum atomic E-state index is -0.662. The Morgan fingerprint density at radius 2 is 1.92 bits per heavy atom. The summed E-state index contributed by atoms with van der Waals surface area (Å²) in [6.45, 7) is 7.70. The topological polar surface area (TPSA) is 79.9 Å². The summed E-state index contributed by atoms with van der Waals surface area (Å²) in [7, 11) is 0. The van der Waals surface area contributed by atoms with Crippen LogP contribution < -0.4 is 15.5 Å². The highest BCUT2D eigenvalue weighted by Crippen LogP contribution is 2.26. The van der Waals surface area contributed by atoms with Gasteiger partial charge in [0.1, 0.15) is 0 Å². The first kappa shape index (κ1) is 19.2. The maximum atomic E-state index is 12.1. The molecular weight excluding hydrogens is 322 g/mol. The van der Waals surface area contributed by atoms with E-state index in [0.29, 0.717) is 38.5 Å². The summed E-state index contributed by atoms with van der Waals surface area (Å²) in [6.07, 6.45) is 0.831. The van der Waals surface area contributed by atoms with E-state index in [1.54, 1.807) is 6.07 Å². The molecule has 0 atom stereocenters. The molecule has 0 unspecified atom stereocenters. The van der Waals surface area contributed by atoms with Crippen molar-refractivity contribution in [1.29, 1.82) is 0 Å². The van der Waals surface area contributed by atoms with Crippen LogP contribution in [0.4, 0.5) is 11.4 Å². The molecule has 0 aliphatic carbocycles. The fourth-order valence-corrected chi connectivity index (χ4v) is 2.51. The van der Waals surface area contributed by atoms with E-state index in [9.17, 15) is 9.59 Å². The average molecular weight is 349 g/mol. The lowest BCUT2D eigenvalue weighted by Gasteiger charge is -2.30. The number of carbonyl (C=O) groups is 2. The van der Waals surface area contributed by atoms with Gasteiger partial charge in [0.05, 0.1) is 30.7 Å². The molecule has 0 saturated carbocycles.